The molecule has 3 heteroatoms. The highest BCUT2D eigenvalue weighted by Crippen LogP contribution is 2.19. The minimum absolute atomic E-state index is 0.238. The maximum atomic E-state index is 11.5. The van der Waals surface area contributed by atoms with E-state index in [9.17, 15) is 4.79 Å². The fraction of sp³-hybridized carbons (Fsp3) is 0.250. The summed E-state index contributed by atoms with van der Waals surface area (Å²) in [6.07, 6.45) is 2.45. The summed E-state index contributed by atoms with van der Waals surface area (Å²) >= 11 is 1.39. The number of thioether (sulfide) groups is 1. The van der Waals surface area contributed by atoms with Crippen LogP contribution < -0.4 is 0 Å². The molecule has 2 nitrogen and oxygen atoms in total. The average Bonchev–Trinajstić information content (AvgIpc) is 2.62. The Morgan fingerprint density at radius 1 is 1.40 bits per heavy atom. The molecule has 0 aliphatic carbocycles. The number of nitrogens with one attached hydrogen (secondary N) is 1. The van der Waals surface area contributed by atoms with Crippen molar-refractivity contribution in [2.45, 2.75) is 13.3 Å². The third-order valence-corrected chi connectivity index (χ3v) is 3.07. The molecule has 0 saturated carbocycles. The van der Waals surface area contributed by atoms with E-state index in [4.69, 9.17) is 0 Å². The fourth-order valence-electron chi connectivity index (χ4n) is 1.65. The Balaban J connectivity index is 2.25. The third kappa shape index (κ3) is 2.23. The smallest absolute Gasteiger partial charge is 0.193 e. The Hall–Kier alpha value is -1.22. The standard InChI is InChI=1S/C12H13NOS/c1-2-15-12(14)7-9-8-13-11-6-4-3-5-10(9)11/h3-6,8,13H,2,7H2,1H3. The number of para-hydroxylation sites is 1. The zero-order valence-corrected chi connectivity index (χ0v) is 9.43. The van der Waals surface area contributed by atoms with E-state index in [0.29, 0.717) is 6.42 Å². The Kier molecular flexibility index (Phi) is 3.11. The maximum Gasteiger partial charge on any atom is 0.193 e. The van der Waals surface area contributed by atoms with Crippen molar-refractivity contribution in [1.82, 2.24) is 4.98 Å². The molecule has 0 spiro atoms. The van der Waals surface area contributed by atoms with Gasteiger partial charge in [0, 0.05) is 23.5 Å². The topological polar surface area (TPSA) is 32.9 Å². The van der Waals surface area contributed by atoms with Gasteiger partial charge in [-0.3, -0.25) is 4.79 Å². The fourth-order valence-corrected chi connectivity index (χ4v) is 2.22. The van der Waals surface area contributed by atoms with Crippen LogP contribution in [0, 0.1) is 0 Å². The second-order valence-electron chi connectivity index (χ2n) is 3.34. The van der Waals surface area contributed by atoms with Crippen LogP contribution >= 0.6 is 11.8 Å². The van der Waals surface area contributed by atoms with Gasteiger partial charge in [0.05, 0.1) is 0 Å². The lowest BCUT2D eigenvalue weighted by Gasteiger charge is -1.97. The van der Waals surface area contributed by atoms with Crippen LogP contribution in [0.3, 0.4) is 0 Å². The van der Waals surface area contributed by atoms with Gasteiger partial charge in [-0.25, -0.2) is 0 Å². The second-order valence-corrected chi connectivity index (χ2v) is 4.66. The van der Waals surface area contributed by atoms with Gasteiger partial charge in [-0.2, -0.15) is 0 Å². The first-order valence-electron chi connectivity index (χ1n) is 5.02. The van der Waals surface area contributed by atoms with Gasteiger partial charge in [-0.15, -0.1) is 0 Å². The van der Waals surface area contributed by atoms with Crippen molar-refractivity contribution in [3.05, 3.63) is 36.0 Å². The van der Waals surface area contributed by atoms with Gasteiger partial charge in [-0.05, 0) is 17.4 Å². The lowest BCUT2D eigenvalue weighted by atomic mass is 10.1. The van der Waals surface area contributed by atoms with Crippen LogP contribution in [0.15, 0.2) is 30.5 Å². The van der Waals surface area contributed by atoms with Gasteiger partial charge in [0.25, 0.3) is 0 Å². The first kappa shape index (κ1) is 10.3. The molecule has 2 rings (SSSR count). The van der Waals surface area contributed by atoms with Gasteiger partial charge in [0.1, 0.15) is 0 Å². The predicted octanol–water partition coefficient (Wildman–Crippen LogP) is 2.99. The quantitative estimate of drug-likeness (QED) is 0.860. The Bertz CT molecular complexity index is 475. The highest BCUT2D eigenvalue weighted by atomic mass is 32.2. The van der Waals surface area contributed by atoms with Gasteiger partial charge in [0.2, 0.25) is 0 Å². The number of aromatic nitrogens is 1. The van der Waals surface area contributed by atoms with Crippen molar-refractivity contribution in [3.63, 3.8) is 0 Å². The summed E-state index contributed by atoms with van der Waals surface area (Å²) in [5.41, 5.74) is 2.19. The number of fused-ring (bicyclic) bond motifs is 1. The largest absolute Gasteiger partial charge is 0.361 e. The van der Waals surface area contributed by atoms with Gasteiger partial charge in [0.15, 0.2) is 5.12 Å². The van der Waals surface area contributed by atoms with E-state index < -0.39 is 0 Å². The SMILES string of the molecule is CCSC(=O)Cc1c[nH]c2ccccc12. The van der Waals surface area contributed by atoms with Crippen LogP contribution in [0.2, 0.25) is 0 Å². The molecule has 2 aromatic rings. The van der Waals surface area contributed by atoms with Gasteiger partial charge < -0.3 is 4.98 Å². The molecule has 15 heavy (non-hydrogen) atoms. The number of hydrogen-bond acceptors (Lipinski definition) is 2. The summed E-state index contributed by atoms with van der Waals surface area (Å²) in [7, 11) is 0. The number of rotatable bonds is 3. The van der Waals surface area contributed by atoms with Crippen molar-refractivity contribution in [1.29, 1.82) is 0 Å². The minimum Gasteiger partial charge on any atom is -0.361 e. The number of H-pyrrole nitrogens is 1. The molecule has 0 fully saturated rings. The van der Waals surface area contributed by atoms with E-state index in [-0.39, 0.29) is 5.12 Å². The van der Waals surface area contributed by atoms with Crippen LogP contribution in [-0.2, 0) is 11.2 Å². The number of carbonyl (C=O) groups excluding carboxylic acids is 1. The molecule has 0 aliphatic heterocycles. The molecule has 0 aliphatic rings. The van der Waals surface area contributed by atoms with Gasteiger partial charge in [-0.1, -0.05) is 36.9 Å². The number of carbonyl (C=O) groups is 1. The summed E-state index contributed by atoms with van der Waals surface area (Å²) in [5, 5.41) is 1.39. The Labute approximate surface area is 93.1 Å². The molecule has 1 aromatic heterocycles. The third-order valence-electron chi connectivity index (χ3n) is 2.32. The molecule has 0 saturated heterocycles. The summed E-state index contributed by atoms with van der Waals surface area (Å²) in [6.45, 7) is 2.00. The Morgan fingerprint density at radius 3 is 3.00 bits per heavy atom. The van der Waals surface area contributed by atoms with E-state index in [1.165, 1.54) is 11.8 Å². The van der Waals surface area contributed by atoms with E-state index in [0.717, 1.165) is 22.2 Å². The summed E-state index contributed by atoms with van der Waals surface area (Å²) in [6, 6.07) is 8.06. The molecule has 1 heterocycles. The van der Waals surface area contributed by atoms with Crippen molar-refractivity contribution in [2.75, 3.05) is 5.75 Å². The summed E-state index contributed by atoms with van der Waals surface area (Å²) in [4.78, 5) is 14.7. The Morgan fingerprint density at radius 2 is 2.20 bits per heavy atom. The lowest BCUT2D eigenvalue weighted by molar-refractivity contribution is -0.110. The van der Waals surface area contributed by atoms with Gasteiger partial charge >= 0.3 is 0 Å². The van der Waals surface area contributed by atoms with Crippen LogP contribution in [0.1, 0.15) is 12.5 Å². The highest BCUT2D eigenvalue weighted by molar-refractivity contribution is 8.13. The van der Waals surface area contributed by atoms with E-state index in [1.807, 2.05) is 37.4 Å². The van der Waals surface area contributed by atoms with Crippen molar-refractivity contribution >= 4 is 27.8 Å². The molecular formula is C12H13NOS. The molecule has 1 aromatic carbocycles. The number of hydrogen-bond donors (Lipinski definition) is 1. The van der Waals surface area contributed by atoms with E-state index >= 15 is 0 Å². The highest BCUT2D eigenvalue weighted by Gasteiger charge is 2.07. The monoisotopic (exact) mass is 219 g/mol. The predicted molar refractivity (Wildman–Crippen MR) is 65.1 cm³/mol. The van der Waals surface area contributed by atoms with Crippen LogP contribution in [-0.4, -0.2) is 15.9 Å². The summed E-state index contributed by atoms with van der Waals surface area (Å²) in [5.74, 6) is 0.848. The molecule has 0 unspecified atom stereocenters. The van der Waals surface area contributed by atoms with Crippen molar-refractivity contribution in [2.24, 2.45) is 0 Å². The van der Waals surface area contributed by atoms with E-state index in [2.05, 4.69) is 4.98 Å². The minimum atomic E-state index is 0.238. The first-order valence-corrected chi connectivity index (χ1v) is 6.00. The zero-order chi connectivity index (χ0) is 10.7. The number of benzene rings is 1. The van der Waals surface area contributed by atoms with Crippen molar-refractivity contribution < 1.29 is 4.79 Å². The molecular weight excluding hydrogens is 206 g/mol. The number of aromatic amines is 1. The summed E-state index contributed by atoms with van der Waals surface area (Å²) < 4.78 is 0. The zero-order valence-electron chi connectivity index (χ0n) is 8.62. The second kappa shape index (κ2) is 4.53. The lowest BCUT2D eigenvalue weighted by Crippen LogP contribution is -1.96. The van der Waals surface area contributed by atoms with Crippen LogP contribution in [0.4, 0.5) is 0 Å². The van der Waals surface area contributed by atoms with E-state index in [1.54, 1.807) is 0 Å². The van der Waals surface area contributed by atoms with Crippen LogP contribution in [0.5, 0.6) is 0 Å². The average molecular weight is 219 g/mol. The van der Waals surface area contributed by atoms with Crippen LogP contribution in [0.25, 0.3) is 10.9 Å². The normalized spacial score (nSPS) is 10.7. The molecule has 0 bridgehead atoms. The first-order chi connectivity index (χ1) is 7.31. The van der Waals surface area contributed by atoms with Crippen molar-refractivity contribution in [3.8, 4) is 0 Å². The molecule has 0 atom stereocenters. The maximum absolute atomic E-state index is 11.5. The molecule has 0 amide bonds. The molecule has 78 valence electrons. The molecule has 1 N–H and O–H groups in total. The molecule has 0 radical (unpaired) electrons.